The number of carbonyl (C=O) groups is 1. The summed E-state index contributed by atoms with van der Waals surface area (Å²) < 4.78 is 46.5. The molecule has 4 aromatic rings. The summed E-state index contributed by atoms with van der Waals surface area (Å²) in [6, 6.07) is 10.4. The molecule has 0 aliphatic carbocycles. The number of nitrogens with one attached hydrogen (secondary N) is 1. The van der Waals surface area contributed by atoms with Crippen molar-refractivity contribution >= 4 is 33.5 Å². The Bertz CT molecular complexity index is 1680. The number of carbonyl (C=O) groups excluding carboxylic acids is 1. The van der Waals surface area contributed by atoms with Gasteiger partial charge >= 0.3 is 0 Å². The Morgan fingerprint density at radius 1 is 1.18 bits per heavy atom. The molecule has 2 aromatic heterocycles. The maximum atomic E-state index is 15.7. The van der Waals surface area contributed by atoms with Crippen molar-refractivity contribution < 1.29 is 18.0 Å². The van der Waals surface area contributed by atoms with Crippen molar-refractivity contribution in [1.29, 1.82) is 5.26 Å². The number of rotatable bonds is 3. The number of pyridine rings is 1. The molecular formula is C28H23F3N6O. The largest absolute Gasteiger partial charge is 0.349 e. The van der Waals surface area contributed by atoms with Gasteiger partial charge in [0.2, 0.25) is 5.91 Å². The quantitative estimate of drug-likeness (QED) is 0.389. The second-order valence-electron chi connectivity index (χ2n) is 10.1. The van der Waals surface area contributed by atoms with Crippen LogP contribution in [0.1, 0.15) is 17.5 Å². The lowest BCUT2D eigenvalue weighted by Crippen LogP contribution is -2.71. The normalized spacial score (nSPS) is 18.0. The number of H-pyrrole nitrogens is 1. The van der Waals surface area contributed by atoms with E-state index in [1.807, 2.05) is 19.1 Å². The molecule has 4 heterocycles. The van der Waals surface area contributed by atoms with Gasteiger partial charge < -0.3 is 9.80 Å². The lowest BCUT2D eigenvalue weighted by Gasteiger charge is -2.57. The van der Waals surface area contributed by atoms with E-state index >= 15 is 13.2 Å². The summed E-state index contributed by atoms with van der Waals surface area (Å²) in [6.45, 7) is 4.67. The van der Waals surface area contributed by atoms with Crippen LogP contribution in [0.3, 0.4) is 0 Å². The van der Waals surface area contributed by atoms with Crippen molar-refractivity contribution in [3.05, 3.63) is 66.1 Å². The van der Waals surface area contributed by atoms with E-state index in [0.717, 1.165) is 22.5 Å². The SMILES string of the molecule is C=CC(=O)N1CC2(CCN(c3nc4c(F)cccc4c(-c4c(C)ccc5[nH]ncc45)c3C#N)CC2(F)F)C1. The van der Waals surface area contributed by atoms with Gasteiger partial charge in [0.25, 0.3) is 5.92 Å². The fourth-order valence-corrected chi connectivity index (χ4v) is 5.85. The molecule has 2 fully saturated rings. The van der Waals surface area contributed by atoms with Gasteiger partial charge in [-0.25, -0.2) is 18.2 Å². The predicted octanol–water partition coefficient (Wildman–Crippen LogP) is 4.96. The number of hydrogen-bond acceptors (Lipinski definition) is 5. The third kappa shape index (κ3) is 3.31. The highest BCUT2D eigenvalue weighted by Crippen LogP contribution is 2.51. The summed E-state index contributed by atoms with van der Waals surface area (Å²) in [4.78, 5) is 19.1. The molecule has 2 aromatic carbocycles. The standard InChI is InChI=1S/C28H23F3N6O/c1-3-22(38)37-13-27(14-37)9-10-36(15-28(27,30)31)26-18(11-32)24(17-5-4-6-20(29)25(17)34-26)23-16(2)7-8-21-19(23)12-33-35-21/h3-8,12H,1,9-10,13-15H2,2H3,(H,33,35). The maximum absolute atomic E-state index is 15.7. The first-order chi connectivity index (χ1) is 18.2. The van der Waals surface area contributed by atoms with Crippen molar-refractivity contribution in [2.75, 3.05) is 31.1 Å². The second kappa shape index (κ2) is 8.31. The van der Waals surface area contributed by atoms with Gasteiger partial charge in [0.15, 0.2) is 0 Å². The number of aryl methyl sites for hydroxylation is 1. The fourth-order valence-electron chi connectivity index (χ4n) is 5.85. The molecule has 0 radical (unpaired) electrons. The van der Waals surface area contributed by atoms with Gasteiger partial charge in [0.1, 0.15) is 28.8 Å². The van der Waals surface area contributed by atoms with E-state index in [2.05, 4.69) is 27.8 Å². The average Bonchev–Trinajstić information content (AvgIpc) is 3.35. The molecule has 2 saturated heterocycles. The van der Waals surface area contributed by atoms with Gasteiger partial charge in [-0.05, 0) is 42.7 Å². The number of aromatic amines is 1. The monoisotopic (exact) mass is 516 g/mol. The van der Waals surface area contributed by atoms with Crippen molar-refractivity contribution in [3.63, 3.8) is 0 Å². The van der Waals surface area contributed by atoms with Crippen LogP contribution >= 0.6 is 0 Å². The van der Waals surface area contributed by atoms with Crippen LogP contribution in [0.15, 0.2) is 49.2 Å². The van der Waals surface area contributed by atoms with Crippen LogP contribution in [0.5, 0.6) is 0 Å². The van der Waals surface area contributed by atoms with Crippen LogP contribution in [-0.4, -0.2) is 58.1 Å². The Balaban J connectivity index is 1.51. The molecule has 38 heavy (non-hydrogen) atoms. The Kier molecular flexibility index (Phi) is 5.24. The van der Waals surface area contributed by atoms with Gasteiger partial charge in [0.05, 0.1) is 23.7 Å². The minimum Gasteiger partial charge on any atom is -0.349 e. The fraction of sp³-hybridized carbons (Fsp3) is 0.286. The van der Waals surface area contributed by atoms with Gasteiger partial charge in [-0.15, -0.1) is 0 Å². The lowest BCUT2D eigenvalue weighted by molar-refractivity contribution is -0.199. The first-order valence-corrected chi connectivity index (χ1v) is 12.2. The number of aromatic nitrogens is 3. The second-order valence-corrected chi connectivity index (χ2v) is 10.1. The number of fused-ring (bicyclic) bond motifs is 2. The highest BCUT2D eigenvalue weighted by molar-refractivity contribution is 6.08. The third-order valence-corrected chi connectivity index (χ3v) is 7.94. The Hall–Kier alpha value is -4.39. The number of likely N-dealkylation sites (tertiary alicyclic amines) is 1. The molecule has 0 saturated carbocycles. The minimum absolute atomic E-state index is 0.00593. The molecule has 1 amide bonds. The summed E-state index contributed by atoms with van der Waals surface area (Å²) in [5.74, 6) is -4.12. The lowest BCUT2D eigenvalue weighted by atomic mass is 9.69. The summed E-state index contributed by atoms with van der Waals surface area (Å²) in [5, 5.41) is 18.6. The summed E-state index contributed by atoms with van der Waals surface area (Å²) in [5.41, 5.74) is 1.42. The molecule has 0 atom stereocenters. The van der Waals surface area contributed by atoms with E-state index in [-0.39, 0.29) is 48.9 Å². The number of amides is 1. The molecule has 1 spiro atoms. The number of benzene rings is 2. The molecule has 2 aliphatic rings. The topological polar surface area (TPSA) is 88.9 Å². The summed E-state index contributed by atoms with van der Waals surface area (Å²) >= 11 is 0. The van der Waals surface area contributed by atoms with Crippen molar-refractivity contribution in [3.8, 4) is 17.2 Å². The molecule has 2 aliphatic heterocycles. The minimum atomic E-state index is -3.16. The first-order valence-electron chi connectivity index (χ1n) is 12.2. The zero-order chi connectivity index (χ0) is 26.8. The molecule has 7 nitrogen and oxygen atoms in total. The zero-order valence-electron chi connectivity index (χ0n) is 20.6. The molecular weight excluding hydrogens is 493 g/mol. The molecule has 0 unspecified atom stereocenters. The Morgan fingerprint density at radius 3 is 2.68 bits per heavy atom. The number of para-hydroxylation sites is 1. The van der Waals surface area contributed by atoms with E-state index in [9.17, 15) is 10.1 Å². The van der Waals surface area contributed by atoms with E-state index in [0.29, 0.717) is 16.5 Å². The van der Waals surface area contributed by atoms with E-state index in [4.69, 9.17) is 0 Å². The van der Waals surface area contributed by atoms with Gasteiger partial charge in [-0.3, -0.25) is 9.89 Å². The van der Waals surface area contributed by atoms with Crippen LogP contribution in [0, 0.1) is 29.5 Å². The molecule has 6 rings (SSSR count). The maximum Gasteiger partial charge on any atom is 0.274 e. The Labute approximate surface area is 216 Å². The summed E-state index contributed by atoms with van der Waals surface area (Å²) in [7, 11) is 0. The van der Waals surface area contributed by atoms with Crippen LogP contribution in [0.4, 0.5) is 19.0 Å². The molecule has 10 heteroatoms. The number of anilines is 1. The first kappa shape index (κ1) is 24.0. The predicted molar refractivity (Wildman–Crippen MR) is 137 cm³/mol. The number of alkyl halides is 2. The van der Waals surface area contributed by atoms with Crippen molar-refractivity contribution in [1.82, 2.24) is 20.1 Å². The van der Waals surface area contributed by atoms with E-state index in [1.165, 1.54) is 15.9 Å². The van der Waals surface area contributed by atoms with Crippen molar-refractivity contribution in [2.24, 2.45) is 5.41 Å². The van der Waals surface area contributed by atoms with Crippen LogP contribution < -0.4 is 4.90 Å². The van der Waals surface area contributed by atoms with Crippen LogP contribution in [0.25, 0.3) is 32.9 Å². The number of halogens is 3. The molecule has 0 bridgehead atoms. The highest BCUT2D eigenvalue weighted by Gasteiger charge is 2.63. The summed E-state index contributed by atoms with van der Waals surface area (Å²) in [6.07, 6.45) is 2.85. The van der Waals surface area contributed by atoms with E-state index < -0.39 is 23.7 Å². The van der Waals surface area contributed by atoms with Gasteiger partial charge in [0, 0.05) is 36.0 Å². The number of piperidine rings is 1. The van der Waals surface area contributed by atoms with Crippen molar-refractivity contribution in [2.45, 2.75) is 19.3 Å². The van der Waals surface area contributed by atoms with E-state index in [1.54, 1.807) is 18.3 Å². The van der Waals surface area contributed by atoms with Crippen LogP contribution in [-0.2, 0) is 4.79 Å². The smallest absolute Gasteiger partial charge is 0.274 e. The number of hydrogen-bond donors (Lipinski definition) is 1. The van der Waals surface area contributed by atoms with Gasteiger partial charge in [-0.2, -0.15) is 10.4 Å². The molecule has 1 N–H and O–H groups in total. The molecule has 192 valence electrons. The zero-order valence-corrected chi connectivity index (χ0v) is 20.6. The average molecular weight is 517 g/mol. The van der Waals surface area contributed by atoms with Gasteiger partial charge in [-0.1, -0.05) is 24.8 Å². The highest BCUT2D eigenvalue weighted by atomic mass is 19.3. The van der Waals surface area contributed by atoms with Crippen LogP contribution in [0.2, 0.25) is 0 Å². The Morgan fingerprint density at radius 2 is 1.97 bits per heavy atom. The third-order valence-electron chi connectivity index (χ3n) is 7.94. The number of nitrogens with zero attached hydrogens (tertiary/aromatic N) is 5. The number of nitriles is 1.